The molecule has 0 saturated carbocycles. The maximum atomic E-state index is 12.2. The highest BCUT2D eigenvalue weighted by Gasteiger charge is 2.18. The summed E-state index contributed by atoms with van der Waals surface area (Å²) in [6, 6.07) is 8.66. The molecule has 1 nitrogen and oxygen atoms in total. The molecule has 19 heavy (non-hydrogen) atoms. The molecule has 0 spiro atoms. The van der Waals surface area contributed by atoms with Crippen LogP contribution in [0, 0.1) is 11.8 Å². The predicted molar refractivity (Wildman–Crippen MR) is 82.4 cm³/mol. The van der Waals surface area contributed by atoms with E-state index in [1.54, 1.807) is 0 Å². The Hall–Kier alpha value is -1.11. The second-order valence-electron chi connectivity index (χ2n) is 5.69. The zero-order chi connectivity index (χ0) is 14.3. The molecule has 2 unspecified atom stereocenters. The van der Waals surface area contributed by atoms with Gasteiger partial charge >= 0.3 is 0 Å². The van der Waals surface area contributed by atoms with Gasteiger partial charge < -0.3 is 0 Å². The number of hydrogen-bond acceptors (Lipinski definition) is 1. The van der Waals surface area contributed by atoms with Gasteiger partial charge in [0, 0.05) is 12.3 Å². The molecule has 0 aliphatic heterocycles. The van der Waals surface area contributed by atoms with E-state index in [2.05, 4.69) is 52.0 Å². The summed E-state index contributed by atoms with van der Waals surface area (Å²) in [6.07, 6.45) is 4.95. The summed E-state index contributed by atoms with van der Waals surface area (Å²) >= 11 is 0. The molecule has 0 N–H and O–H groups in total. The molecule has 1 rings (SSSR count). The van der Waals surface area contributed by atoms with Crippen molar-refractivity contribution < 1.29 is 4.79 Å². The molecule has 0 aliphatic carbocycles. The normalized spacial score (nSPS) is 14.1. The molecule has 0 saturated heterocycles. The fourth-order valence-electron chi connectivity index (χ4n) is 2.46. The Morgan fingerprint density at radius 3 is 2.16 bits per heavy atom. The minimum absolute atomic E-state index is 0.204. The number of Topliss-reactive ketones (excluding diaryl/α,β-unsaturated/α-hetero) is 1. The van der Waals surface area contributed by atoms with Gasteiger partial charge in [0.15, 0.2) is 0 Å². The maximum Gasteiger partial charge on any atom is 0.136 e. The van der Waals surface area contributed by atoms with Crippen LogP contribution < -0.4 is 0 Å². The zero-order valence-corrected chi connectivity index (χ0v) is 12.9. The number of hydrogen-bond donors (Lipinski definition) is 0. The first kappa shape index (κ1) is 15.9. The van der Waals surface area contributed by atoms with Crippen LogP contribution in [0.2, 0.25) is 0 Å². The number of benzene rings is 1. The fourth-order valence-corrected chi connectivity index (χ4v) is 2.46. The summed E-state index contributed by atoms with van der Waals surface area (Å²) in [4.78, 5) is 12.2. The predicted octanol–water partition coefficient (Wildman–Crippen LogP) is 4.82. The Bertz CT molecular complexity index is 377. The Morgan fingerprint density at radius 1 is 1.05 bits per heavy atom. The van der Waals surface area contributed by atoms with E-state index >= 15 is 0 Å². The van der Waals surface area contributed by atoms with Gasteiger partial charge in [-0.25, -0.2) is 0 Å². The van der Waals surface area contributed by atoms with Crippen LogP contribution in [-0.4, -0.2) is 5.78 Å². The van der Waals surface area contributed by atoms with Gasteiger partial charge in [-0.3, -0.25) is 4.79 Å². The summed E-state index contributed by atoms with van der Waals surface area (Å²) in [5.74, 6) is 1.13. The van der Waals surface area contributed by atoms with Crippen molar-refractivity contribution in [1.82, 2.24) is 0 Å². The third-order valence-electron chi connectivity index (χ3n) is 4.20. The maximum absolute atomic E-state index is 12.2. The Kier molecular flexibility index (Phi) is 6.83. The molecule has 106 valence electrons. The quantitative estimate of drug-likeness (QED) is 0.654. The minimum Gasteiger partial charge on any atom is -0.299 e. The largest absolute Gasteiger partial charge is 0.299 e. The lowest BCUT2D eigenvalue weighted by Crippen LogP contribution is -2.19. The third kappa shape index (κ3) is 5.18. The van der Waals surface area contributed by atoms with Crippen LogP contribution in [0.4, 0.5) is 0 Å². The first-order valence-corrected chi connectivity index (χ1v) is 7.69. The van der Waals surface area contributed by atoms with Crippen LogP contribution >= 0.6 is 0 Å². The topological polar surface area (TPSA) is 17.1 Å². The number of rotatable bonds is 8. The van der Waals surface area contributed by atoms with Crippen LogP contribution in [0.1, 0.15) is 58.1 Å². The molecule has 0 aliphatic rings. The molecule has 0 fully saturated rings. The van der Waals surface area contributed by atoms with Gasteiger partial charge in [-0.2, -0.15) is 0 Å². The van der Waals surface area contributed by atoms with Crippen molar-refractivity contribution in [3.05, 3.63) is 35.4 Å². The van der Waals surface area contributed by atoms with Crippen molar-refractivity contribution in [3.63, 3.8) is 0 Å². The number of ketones is 1. The summed E-state index contributed by atoms with van der Waals surface area (Å²) in [7, 11) is 0. The molecule has 1 heteroatoms. The fraction of sp³-hybridized carbons (Fsp3) is 0.611. The van der Waals surface area contributed by atoms with E-state index in [4.69, 9.17) is 0 Å². The molecular weight excluding hydrogens is 232 g/mol. The average Bonchev–Trinajstić information content (AvgIpc) is 2.44. The summed E-state index contributed by atoms with van der Waals surface area (Å²) in [6.45, 7) is 8.63. The van der Waals surface area contributed by atoms with E-state index in [0.717, 1.165) is 25.7 Å². The minimum atomic E-state index is 0.204. The van der Waals surface area contributed by atoms with Gasteiger partial charge in [0.05, 0.1) is 0 Å². The van der Waals surface area contributed by atoms with Crippen LogP contribution in [0.15, 0.2) is 24.3 Å². The van der Waals surface area contributed by atoms with Crippen molar-refractivity contribution in [1.29, 1.82) is 0 Å². The molecule has 0 aromatic heterocycles. The molecule has 2 atom stereocenters. The lowest BCUT2D eigenvalue weighted by Gasteiger charge is -2.18. The van der Waals surface area contributed by atoms with Gasteiger partial charge in [-0.1, -0.05) is 64.8 Å². The molecular formula is C18H28O. The standard InChI is InChI=1S/C18H28O/c1-5-7-14(3)15(4)18(19)13-12-17-10-8-16(6-2)9-11-17/h8-11,14-15H,5-7,12-13H2,1-4H3. The van der Waals surface area contributed by atoms with Gasteiger partial charge in [0.25, 0.3) is 0 Å². The van der Waals surface area contributed by atoms with Crippen LogP contribution in [0.3, 0.4) is 0 Å². The highest BCUT2D eigenvalue weighted by atomic mass is 16.1. The summed E-state index contributed by atoms with van der Waals surface area (Å²) in [5.41, 5.74) is 2.64. The second kappa shape index (κ2) is 8.14. The molecule has 1 aromatic carbocycles. The van der Waals surface area contributed by atoms with Gasteiger partial charge in [0.2, 0.25) is 0 Å². The van der Waals surface area contributed by atoms with Crippen molar-refractivity contribution in [3.8, 4) is 0 Å². The van der Waals surface area contributed by atoms with E-state index in [-0.39, 0.29) is 5.92 Å². The lowest BCUT2D eigenvalue weighted by atomic mass is 9.86. The number of carbonyl (C=O) groups is 1. The smallest absolute Gasteiger partial charge is 0.136 e. The summed E-state index contributed by atoms with van der Waals surface area (Å²) < 4.78 is 0. The van der Waals surface area contributed by atoms with E-state index in [1.807, 2.05) is 0 Å². The molecule has 0 radical (unpaired) electrons. The first-order valence-electron chi connectivity index (χ1n) is 7.69. The Balaban J connectivity index is 2.44. The second-order valence-corrected chi connectivity index (χ2v) is 5.69. The lowest BCUT2D eigenvalue weighted by molar-refractivity contribution is -0.123. The molecule has 0 heterocycles. The Labute approximate surface area is 118 Å². The monoisotopic (exact) mass is 260 g/mol. The van der Waals surface area contributed by atoms with Crippen molar-refractivity contribution in [2.75, 3.05) is 0 Å². The molecule has 0 amide bonds. The van der Waals surface area contributed by atoms with E-state index < -0.39 is 0 Å². The zero-order valence-electron chi connectivity index (χ0n) is 12.9. The molecule has 0 bridgehead atoms. The first-order chi connectivity index (χ1) is 9.08. The highest BCUT2D eigenvalue weighted by Crippen LogP contribution is 2.20. The third-order valence-corrected chi connectivity index (χ3v) is 4.20. The van der Waals surface area contributed by atoms with E-state index in [9.17, 15) is 4.79 Å². The van der Waals surface area contributed by atoms with Crippen LogP contribution in [-0.2, 0) is 17.6 Å². The van der Waals surface area contributed by atoms with E-state index in [1.165, 1.54) is 11.1 Å². The van der Waals surface area contributed by atoms with Gasteiger partial charge in [0.1, 0.15) is 5.78 Å². The van der Waals surface area contributed by atoms with Gasteiger partial charge in [-0.15, -0.1) is 0 Å². The highest BCUT2D eigenvalue weighted by molar-refractivity contribution is 5.81. The van der Waals surface area contributed by atoms with Crippen molar-refractivity contribution in [2.24, 2.45) is 11.8 Å². The van der Waals surface area contributed by atoms with Crippen molar-refractivity contribution >= 4 is 5.78 Å². The Morgan fingerprint density at radius 2 is 1.63 bits per heavy atom. The number of aryl methyl sites for hydroxylation is 2. The molecule has 1 aromatic rings. The van der Waals surface area contributed by atoms with Crippen molar-refractivity contribution in [2.45, 2.75) is 59.8 Å². The van der Waals surface area contributed by atoms with Crippen LogP contribution in [0.5, 0.6) is 0 Å². The number of carbonyl (C=O) groups excluding carboxylic acids is 1. The van der Waals surface area contributed by atoms with Gasteiger partial charge in [-0.05, 0) is 29.9 Å². The summed E-state index contributed by atoms with van der Waals surface area (Å²) in [5, 5.41) is 0. The van der Waals surface area contributed by atoms with E-state index in [0.29, 0.717) is 18.1 Å². The van der Waals surface area contributed by atoms with Crippen LogP contribution in [0.25, 0.3) is 0 Å². The average molecular weight is 260 g/mol. The SMILES string of the molecule is CCCC(C)C(C)C(=O)CCc1ccc(CC)cc1.